The standard InChI is InChI=1S/C20H22BrN3O2/c1-20(2,16-6-4-3-5-7-16)19(26)24-10-8-23(9-11-24)18(25)15-12-17(21)14-22-13-15/h3-7,12-14H,8-11H2,1-2H3. The van der Waals surface area contributed by atoms with Crippen molar-refractivity contribution in [3.05, 3.63) is 64.4 Å². The van der Waals surface area contributed by atoms with Crippen molar-refractivity contribution in [3.8, 4) is 0 Å². The van der Waals surface area contributed by atoms with E-state index in [-0.39, 0.29) is 11.8 Å². The van der Waals surface area contributed by atoms with Crippen LogP contribution in [0, 0.1) is 0 Å². The van der Waals surface area contributed by atoms with Gasteiger partial charge in [0.15, 0.2) is 0 Å². The smallest absolute Gasteiger partial charge is 0.255 e. The third-order valence-electron chi connectivity index (χ3n) is 4.84. The van der Waals surface area contributed by atoms with Crippen molar-refractivity contribution in [3.63, 3.8) is 0 Å². The summed E-state index contributed by atoms with van der Waals surface area (Å²) in [7, 11) is 0. The fourth-order valence-electron chi connectivity index (χ4n) is 3.20. The molecule has 0 bridgehead atoms. The van der Waals surface area contributed by atoms with Crippen molar-refractivity contribution in [2.45, 2.75) is 19.3 Å². The number of aromatic nitrogens is 1. The second-order valence-corrected chi connectivity index (χ2v) is 7.88. The van der Waals surface area contributed by atoms with Crippen molar-refractivity contribution in [1.82, 2.24) is 14.8 Å². The van der Waals surface area contributed by atoms with Gasteiger partial charge in [0.05, 0.1) is 11.0 Å². The van der Waals surface area contributed by atoms with Crippen LogP contribution in [-0.4, -0.2) is 52.8 Å². The van der Waals surface area contributed by atoms with Crippen LogP contribution >= 0.6 is 15.9 Å². The minimum atomic E-state index is -0.582. The lowest BCUT2D eigenvalue weighted by Crippen LogP contribution is -2.54. The number of piperazine rings is 1. The van der Waals surface area contributed by atoms with E-state index in [2.05, 4.69) is 20.9 Å². The first-order valence-corrected chi connectivity index (χ1v) is 9.43. The normalized spacial score (nSPS) is 15.0. The molecule has 0 unspecified atom stereocenters. The fraction of sp³-hybridized carbons (Fsp3) is 0.350. The quantitative estimate of drug-likeness (QED) is 0.773. The van der Waals surface area contributed by atoms with Crippen LogP contribution in [0.1, 0.15) is 29.8 Å². The maximum Gasteiger partial charge on any atom is 0.255 e. The molecule has 1 saturated heterocycles. The van der Waals surface area contributed by atoms with E-state index in [1.165, 1.54) is 0 Å². The zero-order valence-corrected chi connectivity index (χ0v) is 16.6. The lowest BCUT2D eigenvalue weighted by molar-refractivity contribution is -0.137. The Morgan fingerprint density at radius 1 is 1.00 bits per heavy atom. The monoisotopic (exact) mass is 415 g/mol. The number of hydrogen-bond acceptors (Lipinski definition) is 3. The van der Waals surface area contributed by atoms with Gasteiger partial charge >= 0.3 is 0 Å². The minimum absolute atomic E-state index is 0.0479. The predicted octanol–water partition coefficient (Wildman–Crippen LogP) is 3.11. The van der Waals surface area contributed by atoms with Gasteiger partial charge in [0.1, 0.15) is 0 Å². The summed E-state index contributed by atoms with van der Waals surface area (Å²) in [6.07, 6.45) is 3.22. The van der Waals surface area contributed by atoms with E-state index in [1.807, 2.05) is 49.1 Å². The molecule has 0 radical (unpaired) electrons. The van der Waals surface area contributed by atoms with E-state index in [4.69, 9.17) is 0 Å². The number of halogens is 1. The van der Waals surface area contributed by atoms with Crippen LogP contribution < -0.4 is 0 Å². The van der Waals surface area contributed by atoms with Gasteiger partial charge in [-0.05, 0) is 41.4 Å². The topological polar surface area (TPSA) is 53.5 Å². The van der Waals surface area contributed by atoms with Gasteiger partial charge in [-0.2, -0.15) is 0 Å². The first-order valence-electron chi connectivity index (χ1n) is 8.64. The zero-order chi connectivity index (χ0) is 18.7. The summed E-state index contributed by atoms with van der Waals surface area (Å²) in [5.41, 5.74) is 0.981. The van der Waals surface area contributed by atoms with E-state index in [9.17, 15) is 9.59 Å². The molecular formula is C20H22BrN3O2. The van der Waals surface area contributed by atoms with Gasteiger partial charge in [-0.1, -0.05) is 30.3 Å². The Morgan fingerprint density at radius 3 is 2.23 bits per heavy atom. The SMILES string of the molecule is CC(C)(C(=O)N1CCN(C(=O)c2cncc(Br)c2)CC1)c1ccccc1. The lowest BCUT2D eigenvalue weighted by atomic mass is 9.83. The number of hydrogen-bond donors (Lipinski definition) is 0. The van der Waals surface area contributed by atoms with Gasteiger partial charge in [-0.3, -0.25) is 14.6 Å². The van der Waals surface area contributed by atoms with Crippen molar-refractivity contribution in [2.24, 2.45) is 0 Å². The molecule has 2 amide bonds. The summed E-state index contributed by atoms with van der Waals surface area (Å²) in [4.78, 5) is 33.3. The number of carbonyl (C=O) groups excluding carboxylic acids is 2. The van der Waals surface area contributed by atoms with E-state index in [1.54, 1.807) is 23.4 Å². The number of benzene rings is 1. The summed E-state index contributed by atoms with van der Waals surface area (Å²) in [6, 6.07) is 11.6. The van der Waals surface area contributed by atoms with Crippen LogP contribution in [0.2, 0.25) is 0 Å². The molecule has 0 saturated carbocycles. The number of carbonyl (C=O) groups is 2. The molecule has 26 heavy (non-hydrogen) atoms. The van der Waals surface area contributed by atoms with Crippen LogP contribution in [0.3, 0.4) is 0 Å². The summed E-state index contributed by atoms with van der Waals surface area (Å²) < 4.78 is 0.779. The van der Waals surface area contributed by atoms with Crippen LogP contribution in [0.25, 0.3) is 0 Å². The highest BCUT2D eigenvalue weighted by atomic mass is 79.9. The molecule has 2 heterocycles. The average Bonchev–Trinajstić information content (AvgIpc) is 2.67. The third-order valence-corrected chi connectivity index (χ3v) is 5.27. The molecule has 1 aromatic heterocycles. The number of rotatable bonds is 3. The Hall–Kier alpha value is -2.21. The van der Waals surface area contributed by atoms with E-state index < -0.39 is 5.41 Å². The maximum atomic E-state index is 13.0. The molecule has 1 aromatic carbocycles. The number of amides is 2. The van der Waals surface area contributed by atoms with Gasteiger partial charge in [0.2, 0.25) is 5.91 Å². The van der Waals surface area contributed by atoms with Gasteiger partial charge < -0.3 is 9.80 Å². The molecule has 0 N–H and O–H groups in total. The van der Waals surface area contributed by atoms with Gasteiger partial charge in [0, 0.05) is 43.0 Å². The molecule has 136 valence electrons. The Bertz CT molecular complexity index is 800. The molecule has 0 aliphatic carbocycles. The van der Waals surface area contributed by atoms with E-state index >= 15 is 0 Å². The zero-order valence-electron chi connectivity index (χ0n) is 15.0. The first kappa shape index (κ1) is 18.6. The van der Waals surface area contributed by atoms with Crippen LogP contribution in [-0.2, 0) is 10.2 Å². The Kier molecular flexibility index (Phi) is 5.41. The molecule has 0 spiro atoms. The van der Waals surface area contributed by atoms with Crippen molar-refractivity contribution >= 4 is 27.7 Å². The molecular weight excluding hydrogens is 394 g/mol. The van der Waals surface area contributed by atoms with E-state index in [0.29, 0.717) is 31.7 Å². The molecule has 1 aliphatic rings. The molecule has 5 nitrogen and oxygen atoms in total. The van der Waals surface area contributed by atoms with Gasteiger partial charge in [-0.25, -0.2) is 0 Å². The van der Waals surface area contributed by atoms with Crippen LogP contribution in [0.5, 0.6) is 0 Å². The van der Waals surface area contributed by atoms with E-state index in [0.717, 1.165) is 10.0 Å². The molecule has 2 aromatic rings. The Morgan fingerprint density at radius 2 is 1.62 bits per heavy atom. The van der Waals surface area contributed by atoms with Crippen LogP contribution in [0.4, 0.5) is 0 Å². The molecule has 3 rings (SSSR count). The Labute approximate surface area is 162 Å². The van der Waals surface area contributed by atoms with Crippen molar-refractivity contribution < 1.29 is 9.59 Å². The fourth-order valence-corrected chi connectivity index (χ4v) is 3.56. The number of nitrogens with zero attached hydrogens (tertiary/aromatic N) is 3. The largest absolute Gasteiger partial charge is 0.338 e. The third kappa shape index (κ3) is 3.80. The van der Waals surface area contributed by atoms with Crippen molar-refractivity contribution in [2.75, 3.05) is 26.2 Å². The van der Waals surface area contributed by atoms with Gasteiger partial charge in [0.25, 0.3) is 5.91 Å². The molecule has 1 aliphatic heterocycles. The molecule has 1 fully saturated rings. The Balaban J connectivity index is 1.65. The summed E-state index contributed by atoms with van der Waals surface area (Å²) in [5, 5.41) is 0. The van der Waals surface area contributed by atoms with Crippen molar-refractivity contribution in [1.29, 1.82) is 0 Å². The maximum absolute atomic E-state index is 13.0. The molecule has 6 heteroatoms. The predicted molar refractivity (Wildman–Crippen MR) is 104 cm³/mol. The highest BCUT2D eigenvalue weighted by Gasteiger charge is 2.35. The highest BCUT2D eigenvalue weighted by Crippen LogP contribution is 2.26. The van der Waals surface area contributed by atoms with Crippen LogP contribution in [0.15, 0.2) is 53.3 Å². The molecule has 0 atom stereocenters. The average molecular weight is 416 g/mol. The highest BCUT2D eigenvalue weighted by molar-refractivity contribution is 9.10. The summed E-state index contributed by atoms with van der Waals surface area (Å²) in [5.74, 6) is 0.0492. The lowest BCUT2D eigenvalue weighted by Gasteiger charge is -2.38. The first-order chi connectivity index (χ1) is 12.4. The number of pyridine rings is 1. The second kappa shape index (κ2) is 7.58. The minimum Gasteiger partial charge on any atom is -0.338 e. The van der Waals surface area contributed by atoms with Gasteiger partial charge in [-0.15, -0.1) is 0 Å². The summed E-state index contributed by atoms with van der Waals surface area (Å²) in [6.45, 7) is 6.05. The second-order valence-electron chi connectivity index (χ2n) is 6.97. The summed E-state index contributed by atoms with van der Waals surface area (Å²) >= 11 is 3.34.